The first kappa shape index (κ1) is 17.8. The van der Waals surface area contributed by atoms with Gasteiger partial charge in [-0.1, -0.05) is 32.0 Å². The summed E-state index contributed by atoms with van der Waals surface area (Å²) in [5.41, 5.74) is 1.77. The lowest BCUT2D eigenvalue weighted by Crippen LogP contribution is -2.35. The number of aromatic nitrogens is 1. The molecule has 0 radical (unpaired) electrons. The van der Waals surface area contributed by atoms with E-state index in [1.165, 1.54) is 0 Å². The summed E-state index contributed by atoms with van der Waals surface area (Å²) in [6, 6.07) is 8.93. The molecule has 1 aromatic heterocycles. The third-order valence-electron chi connectivity index (χ3n) is 4.30. The Morgan fingerprint density at radius 1 is 1.36 bits per heavy atom. The Kier molecular flexibility index (Phi) is 5.06. The second-order valence-electron chi connectivity index (χ2n) is 6.71. The van der Waals surface area contributed by atoms with Crippen LogP contribution in [-0.4, -0.2) is 38.3 Å². The van der Waals surface area contributed by atoms with Crippen LogP contribution >= 0.6 is 0 Å². The predicted octanol–water partition coefficient (Wildman–Crippen LogP) is 2.45. The molecule has 1 N–H and O–H groups in total. The molecule has 0 spiro atoms. The van der Waals surface area contributed by atoms with Gasteiger partial charge in [0.2, 0.25) is 10.0 Å². The van der Waals surface area contributed by atoms with Crippen molar-refractivity contribution in [1.82, 2.24) is 9.71 Å². The zero-order valence-corrected chi connectivity index (χ0v) is 15.2. The molecule has 2 aromatic rings. The van der Waals surface area contributed by atoms with Gasteiger partial charge in [-0.05, 0) is 24.5 Å². The molecule has 1 aliphatic heterocycles. The maximum Gasteiger partial charge on any atom is 0.265 e. The van der Waals surface area contributed by atoms with Gasteiger partial charge < -0.3 is 4.74 Å². The van der Waals surface area contributed by atoms with Gasteiger partial charge in [0.15, 0.2) is 0 Å². The minimum absolute atomic E-state index is 0.0642. The molecule has 134 valence electrons. The number of hydrogen-bond acceptors (Lipinski definition) is 5. The van der Waals surface area contributed by atoms with Gasteiger partial charge in [0.05, 0.1) is 23.4 Å². The number of carbonyl (C=O) groups excluding carboxylic acids is 1. The van der Waals surface area contributed by atoms with Crippen LogP contribution in [0.4, 0.5) is 0 Å². The van der Waals surface area contributed by atoms with Gasteiger partial charge in [0.1, 0.15) is 0 Å². The second-order valence-corrected chi connectivity index (χ2v) is 8.48. The van der Waals surface area contributed by atoms with Crippen molar-refractivity contribution < 1.29 is 17.9 Å². The van der Waals surface area contributed by atoms with Gasteiger partial charge in [-0.2, -0.15) is 0 Å². The largest absolute Gasteiger partial charge is 0.381 e. The van der Waals surface area contributed by atoms with Crippen LogP contribution in [0.5, 0.6) is 0 Å². The third-order valence-corrected chi connectivity index (χ3v) is 5.71. The van der Waals surface area contributed by atoms with Crippen LogP contribution in [0.1, 0.15) is 42.2 Å². The van der Waals surface area contributed by atoms with Crippen LogP contribution in [0.25, 0.3) is 10.9 Å². The number of fused-ring (bicyclic) bond motifs is 1. The fourth-order valence-corrected chi connectivity index (χ4v) is 4.30. The van der Waals surface area contributed by atoms with Gasteiger partial charge in [-0.25, -0.2) is 13.1 Å². The molecule has 25 heavy (non-hydrogen) atoms. The molecule has 1 fully saturated rings. The van der Waals surface area contributed by atoms with E-state index in [0.29, 0.717) is 36.1 Å². The van der Waals surface area contributed by atoms with E-state index in [4.69, 9.17) is 4.74 Å². The fourth-order valence-electron chi connectivity index (χ4n) is 2.94. The van der Waals surface area contributed by atoms with E-state index in [0.717, 1.165) is 5.69 Å². The summed E-state index contributed by atoms with van der Waals surface area (Å²) in [5, 5.41) is 0.642. The van der Waals surface area contributed by atoms with E-state index in [1.54, 1.807) is 18.2 Å². The molecule has 1 atom stereocenters. The lowest BCUT2D eigenvalue weighted by molar-refractivity contribution is 0.0982. The van der Waals surface area contributed by atoms with Gasteiger partial charge in [-0.15, -0.1) is 0 Å². The number of rotatable bonds is 5. The number of para-hydroxylation sites is 1. The summed E-state index contributed by atoms with van der Waals surface area (Å²) in [6.07, 6.45) is 0.699. The Labute approximate surface area is 147 Å². The van der Waals surface area contributed by atoms with Crippen molar-refractivity contribution in [3.63, 3.8) is 0 Å². The summed E-state index contributed by atoms with van der Waals surface area (Å²) in [6.45, 7) is 4.96. The number of nitrogens with zero attached hydrogens (tertiary/aromatic N) is 1. The van der Waals surface area contributed by atoms with Crippen molar-refractivity contribution in [2.45, 2.75) is 26.2 Å². The highest BCUT2D eigenvalue weighted by molar-refractivity contribution is 7.90. The summed E-state index contributed by atoms with van der Waals surface area (Å²) < 4.78 is 32.1. The number of pyridine rings is 1. The SMILES string of the molecule is CC(C)c1cc(C(=O)NS(=O)(=O)CC2CCOC2)c2ccccc2n1. The highest BCUT2D eigenvalue weighted by Crippen LogP contribution is 2.23. The third kappa shape index (κ3) is 4.16. The molecule has 7 heteroatoms. The first-order valence-corrected chi connectivity index (χ1v) is 10.0. The maximum atomic E-state index is 12.7. The molecule has 0 bridgehead atoms. The summed E-state index contributed by atoms with van der Waals surface area (Å²) in [5.74, 6) is -0.646. The van der Waals surface area contributed by atoms with Gasteiger partial charge in [-0.3, -0.25) is 9.78 Å². The Bertz CT molecular complexity index is 887. The van der Waals surface area contributed by atoms with Crippen LogP contribution in [0.3, 0.4) is 0 Å². The number of sulfonamides is 1. The quantitative estimate of drug-likeness (QED) is 0.883. The lowest BCUT2D eigenvalue weighted by atomic mass is 10.0. The molecule has 0 aliphatic carbocycles. The van der Waals surface area contributed by atoms with Crippen LogP contribution in [0.2, 0.25) is 0 Å². The van der Waals surface area contributed by atoms with Crippen molar-refractivity contribution in [1.29, 1.82) is 0 Å². The van der Waals surface area contributed by atoms with E-state index < -0.39 is 15.9 Å². The van der Waals surface area contributed by atoms with Crippen molar-refractivity contribution in [3.8, 4) is 0 Å². The molecule has 0 saturated carbocycles. The molecule has 1 saturated heterocycles. The van der Waals surface area contributed by atoms with E-state index in [1.807, 2.05) is 26.0 Å². The number of carbonyl (C=O) groups is 1. The lowest BCUT2D eigenvalue weighted by Gasteiger charge is -2.13. The summed E-state index contributed by atoms with van der Waals surface area (Å²) >= 11 is 0. The summed E-state index contributed by atoms with van der Waals surface area (Å²) in [7, 11) is -3.71. The van der Waals surface area contributed by atoms with Crippen molar-refractivity contribution in [2.24, 2.45) is 5.92 Å². The normalized spacial score (nSPS) is 18.0. The van der Waals surface area contributed by atoms with Crippen molar-refractivity contribution in [2.75, 3.05) is 19.0 Å². The molecular formula is C18H22N2O4S. The Morgan fingerprint density at radius 2 is 2.12 bits per heavy atom. The van der Waals surface area contributed by atoms with E-state index in [9.17, 15) is 13.2 Å². The fraction of sp³-hybridized carbons (Fsp3) is 0.444. The van der Waals surface area contributed by atoms with Crippen LogP contribution in [0, 0.1) is 5.92 Å². The number of hydrogen-bond donors (Lipinski definition) is 1. The first-order chi connectivity index (χ1) is 11.9. The summed E-state index contributed by atoms with van der Waals surface area (Å²) in [4.78, 5) is 17.2. The molecule has 3 rings (SSSR count). The molecule has 1 aliphatic rings. The average molecular weight is 362 g/mol. The van der Waals surface area contributed by atoms with Crippen LogP contribution < -0.4 is 4.72 Å². The van der Waals surface area contributed by atoms with E-state index in [-0.39, 0.29) is 17.6 Å². The van der Waals surface area contributed by atoms with Gasteiger partial charge >= 0.3 is 0 Å². The predicted molar refractivity (Wildman–Crippen MR) is 96.0 cm³/mol. The molecule has 1 unspecified atom stereocenters. The van der Waals surface area contributed by atoms with E-state index in [2.05, 4.69) is 9.71 Å². The Balaban J connectivity index is 1.90. The molecule has 1 amide bonds. The zero-order chi connectivity index (χ0) is 18.0. The minimum atomic E-state index is -3.71. The van der Waals surface area contributed by atoms with Crippen molar-refractivity contribution in [3.05, 3.63) is 41.6 Å². The highest BCUT2D eigenvalue weighted by Gasteiger charge is 2.26. The zero-order valence-electron chi connectivity index (χ0n) is 14.4. The molecule has 2 heterocycles. The Morgan fingerprint density at radius 3 is 2.80 bits per heavy atom. The van der Waals surface area contributed by atoms with Gasteiger partial charge in [0, 0.05) is 23.6 Å². The number of ether oxygens (including phenoxy) is 1. The van der Waals surface area contributed by atoms with Crippen LogP contribution in [0.15, 0.2) is 30.3 Å². The number of nitrogens with one attached hydrogen (secondary N) is 1. The van der Waals surface area contributed by atoms with Crippen molar-refractivity contribution >= 4 is 26.8 Å². The van der Waals surface area contributed by atoms with E-state index >= 15 is 0 Å². The monoisotopic (exact) mass is 362 g/mol. The average Bonchev–Trinajstić information content (AvgIpc) is 3.05. The smallest absolute Gasteiger partial charge is 0.265 e. The second kappa shape index (κ2) is 7.09. The van der Waals surface area contributed by atoms with Gasteiger partial charge in [0.25, 0.3) is 5.91 Å². The molecular weight excluding hydrogens is 340 g/mol. The van der Waals surface area contributed by atoms with Crippen LogP contribution in [-0.2, 0) is 14.8 Å². The number of amides is 1. The maximum absolute atomic E-state index is 12.7. The highest BCUT2D eigenvalue weighted by atomic mass is 32.2. The molecule has 1 aromatic carbocycles. The topological polar surface area (TPSA) is 85.4 Å². The number of benzene rings is 1. The Hall–Kier alpha value is -1.99. The minimum Gasteiger partial charge on any atom is -0.381 e. The standard InChI is InChI=1S/C18H22N2O4S/c1-12(2)17-9-15(14-5-3-4-6-16(14)19-17)18(21)20-25(22,23)11-13-7-8-24-10-13/h3-6,9,12-13H,7-8,10-11H2,1-2H3,(H,20,21). The molecule has 6 nitrogen and oxygen atoms in total. The first-order valence-electron chi connectivity index (χ1n) is 8.38.